The zero-order chi connectivity index (χ0) is 15.2. The van der Waals surface area contributed by atoms with E-state index in [4.69, 9.17) is 4.99 Å². The van der Waals surface area contributed by atoms with Crippen molar-refractivity contribution in [2.75, 3.05) is 26.2 Å². The summed E-state index contributed by atoms with van der Waals surface area (Å²) in [6.45, 7) is 6.22. The summed E-state index contributed by atoms with van der Waals surface area (Å²) in [5, 5.41) is 4.63. The molecule has 0 radical (unpaired) electrons. The van der Waals surface area contributed by atoms with Gasteiger partial charge in [0.25, 0.3) is 0 Å². The highest BCUT2D eigenvalue weighted by atomic mass is 32.1. The smallest absolute Gasteiger partial charge is 0.193 e. The summed E-state index contributed by atoms with van der Waals surface area (Å²) in [5.74, 6) is 1.09. The fourth-order valence-electron chi connectivity index (χ4n) is 2.80. The fourth-order valence-corrected chi connectivity index (χ4v) is 3.81. The predicted octanol–water partition coefficient (Wildman–Crippen LogP) is 3.29. The molecule has 2 heterocycles. The number of aliphatic imine (C=N–C) groups is 1. The van der Waals surface area contributed by atoms with Gasteiger partial charge >= 0.3 is 0 Å². The van der Waals surface area contributed by atoms with Gasteiger partial charge in [0.1, 0.15) is 0 Å². The number of para-hydroxylation sites is 1. The number of hydrogen-bond acceptors (Lipinski definition) is 3. The van der Waals surface area contributed by atoms with Crippen LogP contribution in [0.4, 0.5) is 0 Å². The van der Waals surface area contributed by atoms with E-state index in [9.17, 15) is 0 Å². The van der Waals surface area contributed by atoms with Gasteiger partial charge in [-0.25, -0.2) is 4.98 Å². The molecule has 1 aromatic carbocycles. The SMILES string of the molecule is CCNC(=NCCCc1nc2ccccc2s1)N1CCCC1. The van der Waals surface area contributed by atoms with Crippen LogP contribution in [0.25, 0.3) is 10.2 Å². The molecule has 1 fully saturated rings. The third-order valence-electron chi connectivity index (χ3n) is 3.89. The average molecular weight is 316 g/mol. The number of nitrogens with one attached hydrogen (secondary N) is 1. The fraction of sp³-hybridized carbons (Fsp3) is 0.529. The number of aryl methyl sites for hydroxylation is 1. The van der Waals surface area contributed by atoms with Crippen LogP contribution in [0.2, 0.25) is 0 Å². The number of likely N-dealkylation sites (tertiary alicyclic amines) is 1. The van der Waals surface area contributed by atoms with Crippen molar-refractivity contribution in [2.45, 2.75) is 32.6 Å². The molecule has 22 heavy (non-hydrogen) atoms. The van der Waals surface area contributed by atoms with Gasteiger partial charge in [-0.2, -0.15) is 0 Å². The van der Waals surface area contributed by atoms with Crippen LogP contribution in [0, 0.1) is 0 Å². The van der Waals surface area contributed by atoms with Gasteiger partial charge in [-0.3, -0.25) is 4.99 Å². The first-order chi connectivity index (χ1) is 10.9. The number of rotatable bonds is 5. The van der Waals surface area contributed by atoms with Crippen LogP contribution in [-0.4, -0.2) is 42.0 Å². The van der Waals surface area contributed by atoms with Crippen molar-refractivity contribution in [3.05, 3.63) is 29.3 Å². The number of aromatic nitrogens is 1. The second kappa shape index (κ2) is 7.58. The van der Waals surface area contributed by atoms with Crippen LogP contribution < -0.4 is 5.32 Å². The van der Waals surface area contributed by atoms with Crippen LogP contribution in [-0.2, 0) is 6.42 Å². The second-order valence-electron chi connectivity index (χ2n) is 5.61. The summed E-state index contributed by atoms with van der Waals surface area (Å²) in [5.41, 5.74) is 1.12. The van der Waals surface area contributed by atoms with Crippen molar-refractivity contribution in [2.24, 2.45) is 4.99 Å². The number of nitrogens with zero attached hydrogens (tertiary/aromatic N) is 3. The van der Waals surface area contributed by atoms with Crippen LogP contribution in [0.5, 0.6) is 0 Å². The molecule has 0 unspecified atom stereocenters. The third kappa shape index (κ3) is 3.77. The Morgan fingerprint density at radius 3 is 2.91 bits per heavy atom. The number of hydrogen-bond donors (Lipinski definition) is 1. The maximum atomic E-state index is 4.77. The minimum Gasteiger partial charge on any atom is -0.357 e. The maximum Gasteiger partial charge on any atom is 0.193 e. The molecular formula is C17H24N4S. The first-order valence-corrected chi connectivity index (χ1v) is 9.06. The molecule has 1 aromatic heterocycles. The quantitative estimate of drug-likeness (QED) is 0.523. The first kappa shape index (κ1) is 15.3. The van der Waals surface area contributed by atoms with Gasteiger partial charge in [-0.05, 0) is 38.3 Å². The number of guanidine groups is 1. The molecule has 1 saturated heterocycles. The molecule has 1 aliphatic rings. The summed E-state index contributed by atoms with van der Waals surface area (Å²) < 4.78 is 1.28. The Kier molecular flexibility index (Phi) is 5.27. The average Bonchev–Trinajstić information content (AvgIpc) is 3.19. The molecule has 5 heteroatoms. The Hall–Kier alpha value is -1.62. The van der Waals surface area contributed by atoms with Crippen molar-refractivity contribution in [3.8, 4) is 0 Å². The van der Waals surface area contributed by atoms with E-state index in [0.29, 0.717) is 0 Å². The monoisotopic (exact) mass is 316 g/mol. The lowest BCUT2D eigenvalue weighted by Crippen LogP contribution is -2.39. The van der Waals surface area contributed by atoms with Gasteiger partial charge in [0.2, 0.25) is 0 Å². The highest BCUT2D eigenvalue weighted by Crippen LogP contribution is 2.22. The minimum absolute atomic E-state index is 0.870. The number of fused-ring (bicyclic) bond motifs is 1. The van der Waals surface area contributed by atoms with E-state index >= 15 is 0 Å². The Morgan fingerprint density at radius 2 is 2.14 bits per heavy atom. The summed E-state index contributed by atoms with van der Waals surface area (Å²) in [7, 11) is 0. The molecule has 118 valence electrons. The normalized spacial score (nSPS) is 15.7. The lowest BCUT2D eigenvalue weighted by atomic mass is 10.3. The zero-order valence-electron chi connectivity index (χ0n) is 13.2. The Labute approximate surface area is 136 Å². The minimum atomic E-state index is 0.870. The van der Waals surface area contributed by atoms with Gasteiger partial charge in [0, 0.05) is 32.6 Å². The van der Waals surface area contributed by atoms with Crippen molar-refractivity contribution in [1.29, 1.82) is 0 Å². The Morgan fingerprint density at radius 1 is 1.32 bits per heavy atom. The van der Waals surface area contributed by atoms with E-state index in [-0.39, 0.29) is 0 Å². The lowest BCUT2D eigenvalue weighted by molar-refractivity contribution is 0.493. The molecule has 1 aliphatic heterocycles. The van der Waals surface area contributed by atoms with E-state index in [1.807, 2.05) is 0 Å². The Balaban J connectivity index is 1.53. The van der Waals surface area contributed by atoms with Gasteiger partial charge < -0.3 is 10.2 Å². The Bertz CT molecular complexity index is 595. The van der Waals surface area contributed by atoms with Crippen molar-refractivity contribution >= 4 is 27.5 Å². The van der Waals surface area contributed by atoms with Gasteiger partial charge in [0.15, 0.2) is 5.96 Å². The largest absolute Gasteiger partial charge is 0.357 e. The topological polar surface area (TPSA) is 40.5 Å². The maximum absolute atomic E-state index is 4.77. The van der Waals surface area contributed by atoms with Crippen molar-refractivity contribution in [1.82, 2.24) is 15.2 Å². The highest BCUT2D eigenvalue weighted by molar-refractivity contribution is 7.18. The molecule has 4 nitrogen and oxygen atoms in total. The van der Waals surface area contributed by atoms with E-state index in [1.54, 1.807) is 11.3 Å². The molecule has 0 aliphatic carbocycles. The molecule has 0 saturated carbocycles. The zero-order valence-corrected chi connectivity index (χ0v) is 14.0. The summed E-state index contributed by atoms with van der Waals surface area (Å²) in [6, 6.07) is 8.36. The van der Waals surface area contributed by atoms with E-state index in [0.717, 1.165) is 50.5 Å². The molecular weight excluding hydrogens is 292 g/mol. The van der Waals surface area contributed by atoms with Crippen molar-refractivity contribution < 1.29 is 0 Å². The standard InChI is InChI=1S/C17H24N4S/c1-2-18-17(21-12-5-6-13-21)19-11-7-10-16-20-14-8-3-4-9-15(14)22-16/h3-4,8-9H,2,5-7,10-13H2,1H3,(H,18,19). The molecule has 0 spiro atoms. The van der Waals surface area contributed by atoms with E-state index < -0.39 is 0 Å². The lowest BCUT2D eigenvalue weighted by Gasteiger charge is -2.20. The third-order valence-corrected chi connectivity index (χ3v) is 4.99. The van der Waals surface area contributed by atoms with E-state index in [1.165, 1.54) is 22.5 Å². The number of thiazole rings is 1. The van der Waals surface area contributed by atoms with Gasteiger partial charge in [-0.15, -0.1) is 11.3 Å². The highest BCUT2D eigenvalue weighted by Gasteiger charge is 2.15. The van der Waals surface area contributed by atoms with Crippen LogP contribution in [0.1, 0.15) is 31.2 Å². The molecule has 1 N–H and O–H groups in total. The molecule has 3 rings (SSSR count). The summed E-state index contributed by atoms with van der Waals surface area (Å²) in [4.78, 5) is 11.8. The van der Waals surface area contributed by atoms with Crippen LogP contribution in [0.15, 0.2) is 29.3 Å². The summed E-state index contributed by atoms with van der Waals surface area (Å²) >= 11 is 1.81. The molecule has 0 amide bonds. The van der Waals surface area contributed by atoms with Crippen LogP contribution >= 0.6 is 11.3 Å². The van der Waals surface area contributed by atoms with E-state index in [2.05, 4.69) is 46.4 Å². The van der Waals surface area contributed by atoms with Crippen molar-refractivity contribution in [3.63, 3.8) is 0 Å². The number of benzene rings is 1. The summed E-state index contributed by atoms with van der Waals surface area (Å²) in [6.07, 6.45) is 4.65. The first-order valence-electron chi connectivity index (χ1n) is 8.24. The van der Waals surface area contributed by atoms with Gasteiger partial charge in [-0.1, -0.05) is 12.1 Å². The molecule has 2 aromatic rings. The molecule has 0 atom stereocenters. The molecule has 0 bridgehead atoms. The van der Waals surface area contributed by atoms with Crippen LogP contribution in [0.3, 0.4) is 0 Å². The predicted molar refractivity (Wildman–Crippen MR) is 94.7 cm³/mol. The second-order valence-corrected chi connectivity index (χ2v) is 6.72. The van der Waals surface area contributed by atoms with Gasteiger partial charge in [0.05, 0.1) is 15.2 Å².